The van der Waals surface area contributed by atoms with Crippen molar-refractivity contribution in [1.29, 1.82) is 0 Å². The largest absolute Gasteiger partial charge is 0.497 e. The number of anilines is 1. The topological polar surface area (TPSA) is 89.7 Å². The van der Waals surface area contributed by atoms with Gasteiger partial charge in [0.25, 0.3) is 0 Å². The Morgan fingerprint density at radius 2 is 1.86 bits per heavy atom. The lowest BCUT2D eigenvalue weighted by atomic mass is 10.2. The fraction of sp³-hybridized carbons (Fsp3) is 0.250. The van der Waals surface area contributed by atoms with E-state index in [1.54, 1.807) is 31.3 Å². The van der Waals surface area contributed by atoms with Gasteiger partial charge in [-0.05, 0) is 43.3 Å². The molecule has 0 saturated heterocycles. The zero-order valence-corrected chi connectivity index (χ0v) is 16.0. The van der Waals surface area contributed by atoms with Crippen LogP contribution in [0.25, 0.3) is 11.4 Å². The van der Waals surface area contributed by atoms with Crippen molar-refractivity contribution in [3.05, 3.63) is 54.4 Å². The van der Waals surface area contributed by atoms with E-state index in [9.17, 15) is 4.79 Å². The average Bonchev–Trinajstić information content (AvgIpc) is 3.20. The first kappa shape index (κ1) is 19.2. The van der Waals surface area contributed by atoms with Crippen molar-refractivity contribution in [2.45, 2.75) is 13.5 Å². The first-order valence-corrected chi connectivity index (χ1v) is 8.80. The van der Waals surface area contributed by atoms with Crippen LogP contribution in [0.4, 0.5) is 10.5 Å². The van der Waals surface area contributed by atoms with Gasteiger partial charge in [0.05, 0.1) is 14.2 Å². The smallest absolute Gasteiger partial charge is 0.322 e. The predicted octanol–water partition coefficient (Wildman–Crippen LogP) is 3.81. The number of nitrogens with one attached hydrogen (secondary N) is 1. The highest BCUT2D eigenvalue weighted by molar-refractivity contribution is 5.89. The van der Waals surface area contributed by atoms with Gasteiger partial charge in [0.1, 0.15) is 18.0 Å². The van der Waals surface area contributed by atoms with Gasteiger partial charge in [-0.25, -0.2) is 4.79 Å². The number of hydrogen-bond donors (Lipinski definition) is 1. The molecule has 3 aromatic rings. The zero-order valence-electron chi connectivity index (χ0n) is 16.0. The van der Waals surface area contributed by atoms with Crippen LogP contribution in [0.5, 0.6) is 11.5 Å². The van der Waals surface area contributed by atoms with Crippen molar-refractivity contribution in [2.24, 2.45) is 0 Å². The highest BCUT2D eigenvalue weighted by atomic mass is 16.5. The third kappa shape index (κ3) is 4.59. The summed E-state index contributed by atoms with van der Waals surface area (Å²) in [5.41, 5.74) is 1.45. The molecule has 0 aliphatic heterocycles. The zero-order chi connectivity index (χ0) is 19.9. The number of benzene rings is 2. The van der Waals surface area contributed by atoms with Gasteiger partial charge in [0.15, 0.2) is 0 Å². The number of nitrogens with zero attached hydrogens (tertiary/aromatic N) is 3. The summed E-state index contributed by atoms with van der Waals surface area (Å²) < 4.78 is 15.6. The number of hydrogen-bond acceptors (Lipinski definition) is 6. The molecule has 146 valence electrons. The first-order valence-electron chi connectivity index (χ1n) is 8.80. The Hall–Kier alpha value is -3.55. The van der Waals surface area contributed by atoms with Crippen molar-refractivity contribution in [3.8, 4) is 22.9 Å². The summed E-state index contributed by atoms with van der Waals surface area (Å²) in [6.07, 6.45) is 0. The molecule has 2 amide bonds. The van der Waals surface area contributed by atoms with E-state index in [1.807, 2.05) is 43.3 Å². The van der Waals surface area contributed by atoms with E-state index >= 15 is 0 Å². The fourth-order valence-electron chi connectivity index (χ4n) is 2.57. The fourth-order valence-corrected chi connectivity index (χ4v) is 2.57. The molecule has 0 atom stereocenters. The van der Waals surface area contributed by atoms with Crippen LogP contribution in [-0.2, 0) is 6.54 Å². The molecule has 0 saturated carbocycles. The van der Waals surface area contributed by atoms with Crippen molar-refractivity contribution < 1.29 is 18.8 Å². The standard InChI is InChI=1S/C20H22N4O4/c1-4-24(20(25)21-15-6-5-7-17(12-15)27-3)13-18-22-19(23-28-18)14-8-10-16(26-2)11-9-14/h5-12H,4,13H2,1-3H3,(H,21,25). The van der Waals surface area contributed by atoms with Crippen LogP contribution in [0, 0.1) is 0 Å². The Bertz CT molecular complexity index is 924. The number of urea groups is 1. The third-order valence-electron chi connectivity index (χ3n) is 4.13. The summed E-state index contributed by atoms with van der Waals surface area (Å²) in [5, 5.41) is 6.84. The average molecular weight is 382 g/mol. The second-order valence-electron chi connectivity index (χ2n) is 5.92. The third-order valence-corrected chi connectivity index (χ3v) is 4.13. The highest BCUT2D eigenvalue weighted by Crippen LogP contribution is 2.21. The molecule has 0 unspecified atom stereocenters. The number of carbonyl (C=O) groups is 1. The molecule has 1 heterocycles. The van der Waals surface area contributed by atoms with Gasteiger partial charge in [0.2, 0.25) is 11.7 Å². The maximum absolute atomic E-state index is 12.6. The molecule has 8 heteroatoms. The van der Waals surface area contributed by atoms with Gasteiger partial charge >= 0.3 is 6.03 Å². The van der Waals surface area contributed by atoms with E-state index in [2.05, 4.69) is 15.5 Å². The molecule has 1 N–H and O–H groups in total. The molecule has 0 fully saturated rings. The Morgan fingerprint density at radius 1 is 1.11 bits per heavy atom. The van der Waals surface area contributed by atoms with Crippen LogP contribution < -0.4 is 14.8 Å². The van der Waals surface area contributed by atoms with Crippen molar-refractivity contribution in [3.63, 3.8) is 0 Å². The van der Waals surface area contributed by atoms with E-state index in [0.717, 1.165) is 11.3 Å². The minimum Gasteiger partial charge on any atom is -0.497 e. The summed E-state index contributed by atoms with van der Waals surface area (Å²) in [6, 6.07) is 14.2. The summed E-state index contributed by atoms with van der Waals surface area (Å²) in [4.78, 5) is 18.5. The van der Waals surface area contributed by atoms with E-state index in [-0.39, 0.29) is 12.6 Å². The second kappa shape index (κ2) is 8.90. The first-order chi connectivity index (χ1) is 13.6. The monoisotopic (exact) mass is 382 g/mol. The Morgan fingerprint density at radius 3 is 2.54 bits per heavy atom. The number of amides is 2. The number of aromatic nitrogens is 2. The Kier molecular flexibility index (Phi) is 6.11. The molecule has 1 aromatic heterocycles. The van der Waals surface area contributed by atoms with Crippen molar-refractivity contribution in [1.82, 2.24) is 15.0 Å². The van der Waals surface area contributed by atoms with Crippen LogP contribution in [0.3, 0.4) is 0 Å². The quantitative estimate of drug-likeness (QED) is 0.668. The number of ether oxygens (including phenoxy) is 2. The van der Waals surface area contributed by atoms with E-state index in [0.29, 0.717) is 29.7 Å². The lowest BCUT2D eigenvalue weighted by Crippen LogP contribution is -2.34. The van der Waals surface area contributed by atoms with Gasteiger partial charge < -0.3 is 24.2 Å². The number of methoxy groups -OCH3 is 2. The Balaban J connectivity index is 1.66. The molecule has 0 spiro atoms. The number of rotatable bonds is 7. The minimum atomic E-state index is -0.264. The van der Waals surface area contributed by atoms with Crippen molar-refractivity contribution in [2.75, 3.05) is 26.1 Å². The van der Waals surface area contributed by atoms with Gasteiger partial charge in [-0.15, -0.1) is 0 Å². The molecule has 8 nitrogen and oxygen atoms in total. The van der Waals surface area contributed by atoms with Crippen LogP contribution in [0.15, 0.2) is 53.1 Å². The van der Waals surface area contributed by atoms with Gasteiger partial charge in [-0.1, -0.05) is 11.2 Å². The van der Waals surface area contributed by atoms with Crippen LogP contribution in [0.2, 0.25) is 0 Å². The molecule has 3 rings (SSSR count). The maximum atomic E-state index is 12.6. The van der Waals surface area contributed by atoms with Crippen LogP contribution in [-0.4, -0.2) is 41.8 Å². The minimum absolute atomic E-state index is 0.204. The highest BCUT2D eigenvalue weighted by Gasteiger charge is 2.17. The van der Waals surface area contributed by atoms with E-state index in [4.69, 9.17) is 14.0 Å². The summed E-state index contributed by atoms with van der Waals surface area (Å²) in [6.45, 7) is 2.57. The molecular formula is C20H22N4O4. The lowest BCUT2D eigenvalue weighted by Gasteiger charge is -2.19. The predicted molar refractivity (Wildman–Crippen MR) is 104 cm³/mol. The summed E-state index contributed by atoms with van der Waals surface area (Å²) in [5.74, 6) is 2.23. The van der Waals surface area contributed by atoms with Gasteiger partial charge in [-0.3, -0.25) is 0 Å². The molecule has 2 aromatic carbocycles. The normalized spacial score (nSPS) is 10.4. The Labute approximate surface area is 163 Å². The van der Waals surface area contributed by atoms with Crippen molar-refractivity contribution >= 4 is 11.7 Å². The summed E-state index contributed by atoms with van der Waals surface area (Å²) in [7, 11) is 3.19. The SMILES string of the molecule is CCN(Cc1nc(-c2ccc(OC)cc2)no1)C(=O)Nc1cccc(OC)c1. The molecule has 0 bridgehead atoms. The van der Waals surface area contributed by atoms with Gasteiger partial charge in [0, 0.05) is 23.9 Å². The molecule has 0 radical (unpaired) electrons. The number of carbonyl (C=O) groups excluding carboxylic acids is 1. The summed E-state index contributed by atoms with van der Waals surface area (Å²) >= 11 is 0. The van der Waals surface area contributed by atoms with Crippen LogP contribution in [0.1, 0.15) is 12.8 Å². The lowest BCUT2D eigenvalue weighted by molar-refractivity contribution is 0.203. The van der Waals surface area contributed by atoms with Gasteiger partial charge in [-0.2, -0.15) is 4.98 Å². The molecule has 0 aliphatic rings. The maximum Gasteiger partial charge on any atom is 0.322 e. The van der Waals surface area contributed by atoms with Crippen LogP contribution >= 0.6 is 0 Å². The van der Waals surface area contributed by atoms with E-state index < -0.39 is 0 Å². The molecule has 28 heavy (non-hydrogen) atoms. The van der Waals surface area contributed by atoms with E-state index in [1.165, 1.54) is 0 Å². The molecular weight excluding hydrogens is 360 g/mol. The second-order valence-corrected chi connectivity index (χ2v) is 5.92. The molecule has 0 aliphatic carbocycles.